The number of anilines is 1. The van der Waals surface area contributed by atoms with Gasteiger partial charge in [-0.05, 0) is 12.5 Å². The lowest BCUT2D eigenvalue weighted by Gasteiger charge is -2.16. The number of nitro groups is 1. The highest BCUT2D eigenvalue weighted by Crippen LogP contribution is 2.31. The van der Waals surface area contributed by atoms with Crippen LogP contribution in [-0.4, -0.2) is 35.4 Å². The average Bonchev–Trinajstić information content (AvgIpc) is 2.70. The Kier molecular flexibility index (Phi) is 3.82. The van der Waals surface area contributed by atoms with Crippen molar-refractivity contribution in [3.63, 3.8) is 0 Å². The van der Waals surface area contributed by atoms with Crippen LogP contribution in [0.5, 0.6) is 0 Å². The number of benzene rings is 1. The van der Waals surface area contributed by atoms with Crippen LogP contribution >= 0.6 is 0 Å². The predicted molar refractivity (Wildman–Crippen MR) is 67.7 cm³/mol. The van der Waals surface area contributed by atoms with Gasteiger partial charge in [0.1, 0.15) is 6.04 Å². The minimum atomic E-state index is -2.85. The van der Waals surface area contributed by atoms with E-state index in [1.54, 1.807) is 7.05 Å². The van der Waals surface area contributed by atoms with E-state index in [4.69, 9.17) is 0 Å². The summed E-state index contributed by atoms with van der Waals surface area (Å²) in [6, 6.07) is 2.61. The van der Waals surface area contributed by atoms with Crippen molar-refractivity contribution in [3.05, 3.63) is 33.9 Å². The first kappa shape index (κ1) is 14.2. The number of hydrogen-bond donors (Lipinski definition) is 1. The molecule has 1 aromatic rings. The highest BCUT2D eigenvalue weighted by atomic mass is 19.3. The van der Waals surface area contributed by atoms with Gasteiger partial charge >= 0.3 is 0 Å². The van der Waals surface area contributed by atoms with Crippen molar-refractivity contribution in [1.29, 1.82) is 0 Å². The largest absolute Gasteiger partial charge is 0.373 e. The van der Waals surface area contributed by atoms with Crippen LogP contribution < -0.4 is 5.32 Å². The summed E-state index contributed by atoms with van der Waals surface area (Å²) in [5.74, 6) is -0.177. The Morgan fingerprint density at radius 2 is 2.20 bits per heavy atom. The number of nitrogens with zero attached hydrogens (tertiary/aromatic N) is 2. The SMILES string of the molecule is CN1CCC(Nc2ccc([N+](=O)[O-])cc2C(F)F)C1=O. The fourth-order valence-electron chi connectivity index (χ4n) is 2.12. The molecule has 1 amide bonds. The lowest BCUT2D eigenvalue weighted by atomic mass is 10.1. The molecule has 1 heterocycles. The summed E-state index contributed by atoms with van der Waals surface area (Å²) in [4.78, 5) is 23.1. The van der Waals surface area contributed by atoms with E-state index in [1.165, 1.54) is 11.0 Å². The minimum Gasteiger partial charge on any atom is -0.373 e. The monoisotopic (exact) mass is 285 g/mol. The van der Waals surface area contributed by atoms with Crippen LogP contribution in [0.3, 0.4) is 0 Å². The van der Waals surface area contributed by atoms with Crippen molar-refractivity contribution < 1.29 is 18.5 Å². The van der Waals surface area contributed by atoms with Crippen LogP contribution in [0.25, 0.3) is 0 Å². The zero-order valence-corrected chi connectivity index (χ0v) is 10.7. The maximum atomic E-state index is 13.0. The van der Waals surface area contributed by atoms with Gasteiger partial charge in [-0.2, -0.15) is 0 Å². The highest BCUT2D eigenvalue weighted by Gasteiger charge is 2.30. The number of alkyl halides is 2. The van der Waals surface area contributed by atoms with E-state index >= 15 is 0 Å². The van der Waals surface area contributed by atoms with Crippen LogP contribution in [0, 0.1) is 10.1 Å². The quantitative estimate of drug-likeness (QED) is 0.679. The van der Waals surface area contributed by atoms with Crippen molar-refractivity contribution in [2.45, 2.75) is 18.9 Å². The van der Waals surface area contributed by atoms with Gasteiger partial charge < -0.3 is 10.2 Å². The molecule has 1 saturated heterocycles. The van der Waals surface area contributed by atoms with E-state index in [9.17, 15) is 23.7 Å². The van der Waals surface area contributed by atoms with E-state index < -0.39 is 28.6 Å². The first-order valence-electron chi connectivity index (χ1n) is 5.98. The zero-order chi connectivity index (χ0) is 14.9. The molecule has 0 aliphatic carbocycles. The van der Waals surface area contributed by atoms with Crippen molar-refractivity contribution in [2.24, 2.45) is 0 Å². The molecule has 1 atom stereocenters. The number of rotatable bonds is 4. The fraction of sp³-hybridized carbons (Fsp3) is 0.417. The molecule has 20 heavy (non-hydrogen) atoms. The van der Waals surface area contributed by atoms with Gasteiger partial charge in [0.2, 0.25) is 5.91 Å². The molecular formula is C12H13F2N3O3. The molecular weight excluding hydrogens is 272 g/mol. The zero-order valence-electron chi connectivity index (χ0n) is 10.7. The first-order valence-corrected chi connectivity index (χ1v) is 5.98. The Hall–Kier alpha value is -2.25. The topological polar surface area (TPSA) is 75.5 Å². The van der Waals surface area contributed by atoms with Crippen molar-refractivity contribution in [2.75, 3.05) is 18.9 Å². The maximum absolute atomic E-state index is 13.0. The summed E-state index contributed by atoms with van der Waals surface area (Å²) in [7, 11) is 1.63. The van der Waals surface area contributed by atoms with Crippen molar-refractivity contribution in [3.8, 4) is 0 Å². The van der Waals surface area contributed by atoms with E-state index in [0.29, 0.717) is 13.0 Å². The maximum Gasteiger partial charge on any atom is 0.270 e. The Balaban J connectivity index is 2.27. The number of halogens is 2. The van der Waals surface area contributed by atoms with Crippen LogP contribution in [0.2, 0.25) is 0 Å². The van der Waals surface area contributed by atoms with Crippen LogP contribution in [0.1, 0.15) is 18.4 Å². The van der Waals surface area contributed by atoms with Crippen molar-refractivity contribution in [1.82, 2.24) is 4.90 Å². The molecule has 1 fully saturated rings. The molecule has 0 radical (unpaired) electrons. The number of likely N-dealkylation sites (tertiary alicyclic amines) is 1. The molecule has 1 N–H and O–H groups in total. The van der Waals surface area contributed by atoms with Crippen LogP contribution in [-0.2, 0) is 4.79 Å². The Labute approximate surface area is 113 Å². The molecule has 0 saturated carbocycles. The average molecular weight is 285 g/mol. The second-order valence-electron chi connectivity index (χ2n) is 4.57. The van der Waals surface area contributed by atoms with E-state index in [0.717, 1.165) is 12.1 Å². The minimum absolute atomic E-state index is 0.0549. The van der Waals surface area contributed by atoms with Gasteiger partial charge in [-0.25, -0.2) is 8.78 Å². The lowest BCUT2D eigenvalue weighted by molar-refractivity contribution is -0.385. The number of likely N-dealkylation sites (N-methyl/N-ethyl adjacent to an activating group) is 1. The lowest BCUT2D eigenvalue weighted by Crippen LogP contribution is -2.31. The van der Waals surface area contributed by atoms with E-state index in [2.05, 4.69) is 5.32 Å². The number of non-ortho nitro benzene ring substituents is 1. The molecule has 0 spiro atoms. The standard InChI is InChI=1S/C12H13F2N3O3/c1-16-5-4-10(12(16)18)15-9-3-2-7(17(19)20)6-8(9)11(13)14/h2-3,6,10-11,15H,4-5H2,1H3. The fourth-order valence-corrected chi connectivity index (χ4v) is 2.12. The summed E-state index contributed by atoms with van der Waals surface area (Å²) in [5, 5.41) is 13.3. The molecule has 2 rings (SSSR count). The molecule has 108 valence electrons. The molecule has 6 nitrogen and oxygen atoms in total. The molecule has 0 aromatic heterocycles. The summed E-state index contributed by atoms with van der Waals surface area (Å²) < 4.78 is 25.9. The van der Waals surface area contributed by atoms with Crippen molar-refractivity contribution >= 4 is 17.3 Å². The van der Waals surface area contributed by atoms with Gasteiger partial charge in [0.25, 0.3) is 12.1 Å². The van der Waals surface area contributed by atoms with Crippen LogP contribution in [0.15, 0.2) is 18.2 Å². The van der Waals surface area contributed by atoms with E-state index in [1.807, 2.05) is 0 Å². The Bertz CT molecular complexity index is 551. The third kappa shape index (κ3) is 2.68. The molecule has 8 heteroatoms. The first-order chi connectivity index (χ1) is 9.40. The highest BCUT2D eigenvalue weighted by molar-refractivity contribution is 5.86. The summed E-state index contributed by atoms with van der Waals surface area (Å²) in [5.41, 5.74) is -0.818. The Morgan fingerprint density at radius 3 is 2.70 bits per heavy atom. The van der Waals surface area contributed by atoms with Gasteiger partial charge in [-0.1, -0.05) is 0 Å². The molecule has 0 bridgehead atoms. The number of amides is 1. The number of carbonyl (C=O) groups is 1. The third-order valence-electron chi connectivity index (χ3n) is 3.24. The molecule has 1 aromatic carbocycles. The van der Waals surface area contributed by atoms with E-state index in [-0.39, 0.29) is 11.6 Å². The molecule has 1 aliphatic heterocycles. The van der Waals surface area contributed by atoms with Gasteiger partial charge in [0.15, 0.2) is 0 Å². The third-order valence-corrected chi connectivity index (χ3v) is 3.24. The Morgan fingerprint density at radius 1 is 1.50 bits per heavy atom. The normalized spacial score (nSPS) is 18.7. The smallest absolute Gasteiger partial charge is 0.270 e. The summed E-state index contributed by atoms with van der Waals surface area (Å²) in [6.07, 6.45) is -2.35. The predicted octanol–water partition coefficient (Wildman–Crippen LogP) is 2.17. The number of hydrogen-bond acceptors (Lipinski definition) is 4. The van der Waals surface area contributed by atoms with Gasteiger partial charge in [-0.3, -0.25) is 14.9 Å². The number of nitrogens with one attached hydrogen (secondary N) is 1. The molecule has 1 unspecified atom stereocenters. The van der Waals surface area contributed by atoms with Gasteiger partial charge in [-0.15, -0.1) is 0 Å². The molecule has 1 aliphatic rings. The van der Waals surface area contributed by atoms with Crippen LogP contribution in [0.4, 0.5) is 20.2 Å². The summed E-state index contributed by atoms with van der Waals surface area (Å²) >= 11 is 0. The number of carbonyl (C=O) groups excluding carboxylic acids is 1. The summed E-state index contributed by atoms with van der Waals surface area (Å²) in [6.45, 7) is 0.549. The van der Waals surface area contributed by atoms with Gasteiger partial charge in [0.05, 0.1) is 4.92 Å². The number of nitro benzene ring substituents is 1. The van der Waals surface area contributed by atoms with Gasteiger partial charge in [0, 0.05) is 37.0 Å². The second-order valence-corrected chi connectivity index (χ2v) is 4.57. The second kappa shape index (κ2) is 5.40.